The van der Waals surface area contributed by atoms with Gasteiger partial charge in [0.1, 0.15) is 0 Å². The fraction of sp³-hybridized carbons (Fsp3) is 0.167. The molecular formula is C18H15Cl2F3N6O3. The van der Waals surface area contributed by atoms with Gasteiger partial charge in [0.05, 0.1) is 34.2 Å². The Labute approximate surface area is 189 Å². The third-order valence-corrected chi connectivity index (χ3v) is 4.26. The molecule has 0 aliphatic rings. The Kier molecular flexibility index (Phi) is 8.38. The fourth-order valence-corrected chi connectivity index (χ4v) is 2.54. The normalized spacial score (nSPS) is 10.7. The molecule has 0 bridgehead atoms. The number of rotatable bonds is 5. The maximum absolute atomic E-state index is 12.1. The van der Waals surface area contributed by atoms with Gasteiger partial charge in [0.2, 0.25) is 5.91 Å². The van der Waals surface area contributed by atoms with Crippen LogP contribution in [0.3, 0.4) is 0 Å². The zero-order valence-corrected chi connectivity index (χ0v) is 17.7. The topological polar surface area (TPSA) is 122 Å². The van der Waals surface area contributed by atoms with Crippen LogP contribution in [0.15, 0.2) is 42.7 Å². The minimum Gasteiger partial charge on any atom is -0.475 e. The van der Waals surface area contributed by atoms with Crippen molar-refractivity contribution in [3.8, 4) is 5.69 Å². The van der Waals surface area contributed by atoms with Crippen molar-refractivity contribution >= 4 is 40.8 Å². The standard InChI is InChI=1S/C16H14Cl2N6O.C2HF3O2/c1-10-15(21-23-24(10)12-4-2-3-11(17)7-12)8-16(25)22-20-14-5-6-19-9-13(14)18;3-2(4,5)1(6)7/h2-7,9H,8H2,1H3,(H,19,20)(H,22,25);(H,6,7). The number of nitrogens with one attached hydrogen (secondary N) is 2. The van der Waals surface area contributed by atoms with Crippen LogP contribution in [0, 0.1) is 6.92 Å². The molecule has 0 radical (unpaired) electrons. The van der Waals surface area contributed by atoms with Gasteiger partial charge in [-0.25, -0.2) is 9.48 Å². The van der Waals surface area contributed by atoms with Crippen molar-refractivity contribution < 1.29 is 27.9 Å². The molecule has 32 heavy (non-hydrogen) atoms. The Morgan fingerprint density at radius 2 is 1.91 bits per heavy atom. The average Bonchev–Trinajstić information content (AvgIpc) is 3.07. The third-order valence-electron chi connectivity index (χ3n) is 3.72. The Balaban J connectivity index is 0.000000451. The molecule has 1 aromatic carbocycles. The van der Waals surface area contributed by atoms with Crippen LogP contribution in [0.4, 0.5) is 18.9 Å². The lowest BCUT2D eigenvalue weighted by molar-refractivity contribution is -0.192. The lowest BCUT2D eigenvalue weighted by Gasteiger charge is -2.09. The van der Waals surface area contributed by atoms with Crippen molar-refractivity contribution in [2.45, 2.75) is 19.5 Å². The first kappa shape index (κ1) is 24.9. The van der Waals surface area contributed by atoms with Crippen LogP contribution in [0.1, 0.15) is 11.4 Å². The largest absolute Gasteiger partial charge is 0.490 e. The van der Waals surface area contributed by atoms with E-state index in [4.69, 9.17) is 33.1 Å². The van der Waals surface area contributed by atoms with Crippen molar-refractivity contribution in [1.29, 1.82) is 0 Å². The van der Waals surface area contributed by atoms with Gasteiger partial charge in [-0.2, -0.15) is 13.2 Å². The van der Waals surface area contributed by atoms with Crippen molar-refractivity contribution in [3.63, 3.8) is 0 Å². The van der Waals surface area contributed by atoms with Gasteiger partial charge in [-0.05, 0) is 31.2 Å². The smallest absolute Gasteiger partial charge is 0.475 e. The molecule has 2 heterocycles. The first-order valence-electron chi connectivity index (χ1n) is 8.60. The highest BCUT2D eigenvalue weighted by Gasteiger charge is 2.38. The number of carbonyl (C=O) groups excluding carboxylic acids is 1. The number of hydrogen-bond donors (Lipinski definition) is 3. The molecule has 0 saturated carbocycles. The number of carboxylic acid groups (broad SMARTS) is 1. The molecule has 2 aromatic heterocycles. The first-order valence-corrected chi connectivity index (χ1v) is 9.36. The summed E-state index contributed by atoms with van der Waals surface area (Å²) in [5.41, 5.74) is 8.00. The van der Waals surface area contributed by atoms with Crippen LogP contribution in [-0.2, 0) is 16.0 Å². The van der Waals surface area contributed by atoms with E-state index in [9.17, 15) is 18.0 Å². The molecule has 3 aromatic rings. The van der Waals surface area contributed by atoms with E-state index in [0.717, 1.165) is 11.4 Å². The molecule has 0 spiro atoms. The van der Waals surface area contributed by atoms with E-state index in [1.807, 2.05) is 19.1 Å². The van der Waals surface area contributed by atoms with E-state index in [1.54, 1.807) is 29.1 Å². The summed E-state index contributed by atoms with van der Waals surface area (Å²) in [6.45, 7) is 1.84. The highest BCUT2D eigenvalue weighted by atomic mass is 35.5. The lowest BCUT2D eigenvalue weighted by atomic mass is 10.2. The summed E-state index contributed by atoms with van der Waals surface area (Å²) in [7, 11) is 0. The van der Waals surface area contributed by atoms with E-state index in [-0.39, 0.29) is 12.3 Å². The molecule has 14 heteroatoms. The summed E-state index contributed by atoms with van der Waals surface area (Å²) in [5, 5.41) is 16.3. The van der Waals surface area contributed by atoms with Crippen LogP contribution in [0.5, 0.6) is 0 Å². The number of amides is 1. The number of carbonyl (C=O) groups is 2. The number of benzene rings is 1. The van der Waals surface area contributed by atoms with Crippen molar-refractivity contribution in [2.24, 2.45) is 0 Å². The highest BCUT2D eigenvalue weighted by molar-refractivity contribution is 6.33. The average molecular weight is 491 g/mol. The van der Waals surface area contributed by atoms with E-state index in [1.165, 1.54) is 6.20 Å². The number of pyridine rings is 1. The second-order valence-electron chi connectivity index (χ2n) is 6.02. The SMILES string of the molecule is Cc1c(CC(=O)NNc2ccncc2Cl)nnn1-c1cccc(Cl)c1.O=C(O)C(F)(F)F. The predicted octanol–water partition coefficient (Wildman–Crippen LogP) is 3.60. The molecule has 1 amide bonds. The molecule has 0 aliphatic carbocycles. The summed E-state index contributed by atoms with van der Waals surface area (Å²) in [4.78, 5) is 24.9. The number of aromatic nitrogens is 4. The number of alkyl halides is 3. The van der Waals surface area contributed by atoms with Crippen molar-refractivity contribution in [2.75, 3.05) is 5.43 Å². The second kappa shape index (κ2) is 10.8. The number of halogens is 5. The summed E-state index contributed by atoms with van der Waals surface area (Å²) >= 11 is 12.0. The predicted molar refractivity (Wildman–Crippen MR) is 110 cm³/mol. The van der Waals surface area contributed by atoms with Gasteiger partial charge in [0.25, 0.3) is 0 Å². The summed E-state index contributed by atoms with van der Waals surface area (Å²) in [6.07, 6.45) is -1.96. The molecule has 0 aliphatic heterocycles. The van der Waals surface area contributed by atoms with Crippen LogP contribution in [-0.4, -0.2) is 43.1 Å². The van der Waals surface area contributed by atoms with Gasteiger partial charge in [-0.15, -0.1) is 5.10 Å². The molecule has 0 fully saturated rings. The third kappa shape index (κ3) is 7.10. The van der Waals surface area contributed by atoms with E-state index in [2.05, 4.69) is 26.1 Å². The minimum atomic E-state index is -5.08. The highest BCUT2D eigenvalue weighted by Crippen LogP contribution is 2.19. The lowest BCUT2D eigenvalue weighted by Crippen LogP contribution is -2.31. The monoisotopic (exact) mass is 490 g/mol. The maximum atomic E-state index is 12.1. The van der Waals surface area contributed by atoms with Crippen LogP contribution >= 0.6 is 23.2 Å². The van der Waals surface area contributed by atoms with Crippen molar-refractivity contribution in [3.05, 3.63) is 64.2 Å². The fourth-order valence-electron chi connectivity index (χ4n) is 2.19. The first-order chi connectivity index (χ1) is 15.0. The van der Waals surface area contributed by atoms with E-state index < -0.39 is 12.1 Å². The van der Waals surface area contributed by atoms with E-state index >= 15 is 0 Å². The quantitative estimate of drug-likeness (QED) is 0.467. The Bertz CT molecular complexity index is 1110. The van der Waals surface area contributed by atoms with Gasteiger partial charge >= 0.3 is 12.1 Å². The number of carboxylic acids is 1. The van der Waals surface area contributed by atoms with Gasteiger partial charge in [0, 0.05) is 17.4 Å². The zero-order valence-electron chi connectivity index (χ0n) is 16.2. The van der Waals surface area contributed by atoms with Gasteiger partial charge in [0.15, 0.2) is 0 Å². The number of hydrazine groups is 1. The van der Waals surface area contributed by atoms with Crippen molar-refractivity contribution in [1.82, 2.24) is 25.4 Å². The summed E-state index contributed by atoms with van der Waals surface area (Å²) < 4.78 is 33.4. The molecule has 3 N–H and O–H groups in total. The summed E-state index contributed by atoms with van der Waals surface area (Å²) in [6, 6.07) is 8.91. The van der Waals surface area contributed by atoms with Gasteiger partial charge in [-0.1, -0.05) is 34.5 Å². The molecule has 0 atom stereocenters. The van der Waals surface area contributed by atoms with Gasteiger partial charge < -0.3 is 5.11 Å². The number of aliphatic carboxylic acids is 1. The van der Waals surface area contributed by atoms with Crippen LogP contribution in [0.25, 0.3) is 5.69 Å². The number of anilines is 1. The van der Waals surface area contributed by atoms with E-state index in [0.29, 0.717) is 21.4 Å². The van der Waals surface area contributed by atoms with Gasteiger partial charge in [-0.3, -0.25) is 20.6 Å². The second-order valence-corrected chi connectivity index (χ2v) is 6.87. The molecule has 9 nitrogen and oxygen atoms in total. The molecule has 170 valence electrons. The molecule has 0 unspecified atom stereocenters. The molecule has 0 saturated heterocycles. The van der Waals surface area contributed by atoms with Crippen LogP contribution in [0.2, 0.25) is 10.0 Å². The van der Waals surface area contributed by atoms with Crippen LogP contribution < -0.4 is 10.9 Å². The Hall–Kier alpha value is -3.38. The summed E-state index contributed by atoms with van der Waals surface area (Å²) in [5.74, 6) is -3.03. The number of hydrogen-bond acceptors (Lipinski definition) is 6. The Morgan fingerprint density at radius 3 is 2.50 bits per heavy atom. The maximum Gasteiger partial charge on any atom is 0.490 e. The molecular weight excluding hydrogens is 476 g/mol. The molecule has 3 rings (SSSR count). The minimum absolute atomic E-state index is 0.0715. The number of nitrogens with zero attached hydrogens (tertiary/aromatic N) is 4. The zero-order chi connectivity index (χ0) is 23.9. The Morgan fingerprint density at radius 1 is 1.22 bits per heavy atom.